The Bertz CT molecular complexity index is 1680. The van der Waals surface area contributed by atoms with Crippen molar-refractivity contribution >= 4 is 27.7 Å². The van der Waals surface area contributed by atoms with Crippen molar-refractivity contribution in [2.24, 2.45) is 0 Å². The van der Waals surface area contributed by atoms with Gasteiger partial charge >= 0.3 is 0 Å². The SMILES string of the molecule is COc1ccc2[nH]c3cnc(-c4cccnc4)cc3c2c1-c1ccc(C(=O)NCc2nnn[nH]2)cc1. The highest BCUT2D eigenvalue weighted by Crippen LogP contribution is 2.41. The molecular formula is C26H20N8O2. The van der Waals surface area contributed by atoms with Gasteiger partial charge in [-0.25, -0.2) is 5.10 Å². The number of benzene rings is 2. The lowest BCUT2D eigenvalue weighted by molar-refractivity contribution is 0.0950. The molecule has 0 aliphatic heterocycles. The first-order valence-electron chi connectivity index (χ1n) is 11.2. The number of tetrazole rings is 1. The zero-order chi connectivity index (χ0) is 24.5. The van der Waals surface area contributed by atoms with E-state index in [0.29, 0.717) is 11.4 Å². The first-order chi connectivity index (χ1) is 17.7. The summed E-state index contributed by atoms with van der Waals surface area (Å²) in [4.78, 5) is 24.9. The molecule has 0 saturated carbocycles. The normalized spacial score (nSPS) is 11.1. The molecule has 0 fully saturated rings. The zero-order valence-corrected chi connectivity index (χ0v) is 19.2. The summed E-state index contributed by atoms with van der Waals surface area (Å²) in [6, 6.07) is 17.3. The first-order valence-corrected chi connectivity index (χ1v) is 11.2. The monoisotopic (exact) mass is 476 g/mol. The third kappa shape index (κ3) is 3.80. The van der Waals surface area contributed by atoms with Crippen molar-refractivity contribution < 1.29 is 9.53 Å². The van der Waals surface area contributed by atoms with Crippen molar-refractivity contribution in [3.63, 3.8) is 0 Å². The average Bonchev–Trinajstić information content (AvgIpc) is 3.59. The number of ether oxygens (including phenoxy) is 1. The Kier molecular flexibility index (Phi) is 5.30. The summed E-state index contributed by atoms with van der Waals surface area (Å²) >= 11 is 0. The molecule has 0 radical (unpaired) electrons. The minimum absolute atomic E-state index is 0.212. The van der Waals surface area contributed by atoms with Crippen molar-refractivity contribution in [2.45, 2.75) is 6.54 Å². The van der Waals surface area contributed by atoms with Crippen LogP contribution in [0.3, 0.4) is 0 Å². The molecule has 0 atom stereocenters. The van der Waals surface area contributed by atoms with Gasteiger partial charge in [0.1, 0.15) is 5.75 Å². The number of hydrogen-bond donors (Lipinski definition) is 3. The number of aromatic nitrogens is 7. The van der Waals surface area contributed by atoms with Gasteiger partial charge in [0, 0.05) is 45.4 Å². The van der Waals surface area contributed by atoms with Gasteiger partial charge in [-0.2, -0.15) is 0 Å². The van der Waals surface area contributed by atoms with E-state index >= 15 is 0 Å². The largest absolute Gasteiger partial charge is 0.496 e. The maximum Gasteiger partial charge on any atom is 0.251 e. The molecule has 6 rings (SSSR count). The van der Waals surface area contributed by atoms with Crippen LogP contribution in [-0.4, -0.2) is 48.6 Å². The molecule has 1 amide bonds. The molecule has 0 spiro atoms. The van der Waals surface area contributed by atoms with Crippen LogP contribution in [-0.2, 0) is 6.54 Å². The van der Waals surface area contributed by atoms with E-state index in [9.17, 15) is 4.79 Å². The second kappa shape index (κ2) is 8.91. The van der Waals surface area contributed by atoms with Gasteiger partial charge in [-0.3, -0.25) is 14.8 Å². The highest BCUT2D eigenvalue weighted by Gasteiger charge is 2.17. The molecule has 0 saturated heterocycles. The van der Waals surface area contributed by atoms with E-state index in [4.69, 9.17) is 4.74 Å². The molecule has 4 aromatic heterocycles. The number of pyridine rings is 2. The van der Waals surface area contributed by atoms with Crippen LogP contribution in [0, 0.1) is 0 Å². The highest BCUT2D eigenvalue weighted by molar-refractivity contribution is 6.16. The van der Waals surface area contributed by atoms with E-state index in [1.165, 1.54) is 0 Å². The standard InChI is InChI=1S/C26H20N8O2/c1-36-22-9-8-19-25(18-11-20(28-13-21(18)30-19)17-3-2-10-27-12-17)24(22)15-4-6-16(7-5-15)26(35)29-14-23-31-33-34-32-23/h2-13,30H,14H2,1H3,(H,29,35)(H,31,32,33,34). The number of amides is 1. The van der Waals surface area contributed by atoms with Crippen LogP contribution in [0.4, 0.5) is 0 Å². The second-order valence-electron chi connectivity index (χ2n) is 8.16. The van der Waals surface area contributed by atoms with Gasteiger partial charge in [0.05, 0.1) is 31.1 Å². The summed E-state index contributed by atoms with van der Waals surface area (Å²) in [6.07, 6.45) is 5.38. The Morgan fingerprint density at radius 3 is 2.67 bits per heavy atom. The van der Waals surface area contributed by atoms with E-state index in [1.54, 1.807) is 31.6 Å². The maximum absolute atomic E-state index is 12.6. The van der Waals surface area contributed by atoms with Crippen LogP contribution in [0.1, 0.15) is 16.2 Å². The average molecular weight is 477 g/mol. The Labute approximate surface area is 204 Å². The lowest BCUT2D eigenvalue weighted by Gasteiger charge is -2.12. The van der Waals surface area contributed by atoms with Crippen molar-refractivity contribution in [1.29, 1.82) is 0 Å². The van der Waals surface area contributed by atoms with Gasteiger partial charge in [0.2, 0.25) is 0 Å². The summed E-state index contributed by atoms with van der Waals surface area (Å²) in [6.45, 7) is 0.212. The number of carbonyl (C=O) groups excluding carboxylic acids is 1. The van der Waals surface area contributed by atoms with Gasteiger partial charge in [-0.15, -0.1) is 5.10 Å². The summed E-state index contributed by atoms with van der Waals surface area (Å²) in [7, 11) is 1.66. The van der Waals surface area contributed by atoms with Crippen molar-refractivity contribution in [1.82, 2.24) is 40.9 Å². The third-order valence-corrected chi connectivity index (χ3v) is 6.03. The molecule has 0 aliphatic rings. The zero-order valence-electron chi connectivity index (χ0n) is 19.2. The number of methoxy groups -OCH3 is 1. The van der Waals surface area contributed by atoms with Crippen molar-refractivity contribution in [3.8, 4) is 28.1 Å². The Morgan fingerprint density at radius 2 is 1.92 bits per heavy atom. The van der Waals surface area contributed by atoms with Crippen LogP contribution in [0.2, 0.25) is 0 Å². The third-order valence-electron chi connectivity index (χ3n) is 6.03. The van der Waals surface area contributed by atoms with E-state index in [-0.39, 0.29) is 12.5 Å². The first kappa shape index (κ1) is 21.4. The molecule has 10 nitrogen and oxygen atoms in total. The number of fused-ring (bicyclic) bond motifs is 3. The molecule has 6 aromatic rings. The molecule has 0 unspecified atom stereocenters. The van der Waals surface area contributed by atoms with Gasteiger partial charge in [-0.1, -0.05) is 12.1 Å². The van der Waals surface area contributed by atoms with Crippen LogP contribution in [0.25, 0.3) is 44.2 Å². The fraction of sp³-hybridized carbons (Fsp3) is 0.0769. The smallest absolute Gasteiger partial charge is 0.251 e. The van der Waals surface area contributed by atoms with E-state index in [0.717, 1.165) is 49.9 Å². The minimum Gasteiger partial charge on any atom is -0.496 e. The minimum atomic E-state index is -0.220. The molecule has 0 aliphatic carbocycles. The summed E-state index contributed by atoms with van der Waals surface area (Å²) in [5.41, 5.74) is 6.05. The molecular weight excluding hydrogens is 456 g/mol. The van der Waals surface area contributed by atoms with Gasteiger partial charge in [0.25, 0.3) is 5.91 Å². The Morgan fingerprint density at radius 1 is 1.03 bits per heavy atom. The molecule has 3 N–H and O–H groups in total. The predicted molar refractivity (Wildman–Crippen MR) is 134 cm³/mol. The molecule has 4 heterocycles. The van der Waals surface area contributed by atoms with E-state index < -0.39 is 0 Å². The number of H-pyrrole nitrogens is 2. The van der Waals surface area contributed by atoms with Gasteiger partial charge < -0.3 is 15.0 Å². The highest BCUT2D eigenvalue weighted by atomic mass is 16.5. The molecule has 10 heteroatoms. The maximum atomic E-state index is 12.6. The summed E-state index contributed by atoms with van der Waals surface area (Å²) in [5, 5.41) is 18.2. The van der Waals surface area contributed by atoms with Crippen molar-refractivity contribution in [2.75, 3.05) is 7.11 Å². The number of hydrogen-bond acceptors (Lipinski definition) is 7. The van der Waals surface area contributed by atoms with Crippen molar-refractivity contribution in [3.05, 3.63) is 84.6 Å². The van der Waals surface area contributed by atoms with Gasteiger partial charge in [-0.05, 0) is 58.5 Å². The molecule has 0 bridgehead atoms. The van der Waals surface area contributed by atoms with E-state index in [1.807, 2.05) is 42.6 Å². The quantitative estimate of drug-likeness (QED) is 0.332. The summed E-state index contributed by atoms with van der Waals surface area (Å²) < 4.78 is 5.76. The van der Waals surface area contributed by atoms with Crippen LogP contribution in [0.15, 0.2) is 73.2 Å². The van der Waals surface area contributed by atoms with Crippen LogP contribution < -0.4 is 10.1 Å². The lowest BCUT2D eigenvalue weighted by Crippen LogP contribution is -2.23. The lowest BCUT2D eigenvalue weighted by atomic mass is 9.97. The number of nitrogens with zero attached hydrogens (tertiary/aromatic N) is 5. The molecule has 36 heavy (non-hydrogen) atoms. The van der Waals surface area contributed by atoms with Gasteiger partial charge in [0.15, 0.2) is 5.82 Å². The number of aromatic amines is 2. The number of carbonyl (C=O) groups is 1. The number of nitrogens with one attached hydrogen (secondary N) is 3. The topological polar surface area (TPSA) is 134 Å². The fourth-order valence-electron chi connectivity index (χ4n) is 4.31. The molecule has 2 aromatic carbocycles. The Hall–Kier alpha value is -5.12. The van der Waals surface area contributed by atoms with Crippen LogP contribution >= 0.6 is 0 Å². The second-order valence-corrected chi connectivity index (χ2v) is 8.16. The predicted octanol–water partition coefficient (Wildman–Crippen LogP) is 3.90. The fourth-order valence-corrected chi connectivity index (χ4v) is 4.31. The summed E-state index contributed by atoms with van der Waals surface area (Å²) in [5.74, 6) is 0.997. The van der Waals surface area contributed by atoms with E-state index in [2.05, 4.69) is 47.0 Å². The van der Waals surface area contributed by atoms with Crippen LogP contribution in [0.5, 0.6) is 5.75 Å². The number of rotatable bonds is 6. The Balaban J connectivity index is 1.42. The molecule has 176 valence electrons.